The number of rotatable bonds is 7. The molecule has 0 atom stereocenters. The third kappa shape index (κ3) is 4.76. The van der Waals surface area contributed by atoms with Gasteiger partial charge in [-0.1, -0.05) is 30.0 Å². The van der Waals surface area contributed by atoms with Crippen molar-refractivity contribution < 1.29 is 4.79 Å². The van der Waals surface area contributed by atoms with Gasteiger partial charge in [0, 0.05) is 30.0 Å². The SMILES string of the molecule is CCNc1nc(SCc2csc(N(C(C)=O)c3ccc(C)c(C)c3)n2)nc2ccccc12. The molecule has 4 aromatic rings. The molecular weight excluding hydrogens is 438 g/mol. The summed E-state index contributed by atoms with van der Waals surface area (Å²) in [6, 6.07) is 14.0. The Bertz CT molecular complexity index is 1270. The van der Waals surface area contributed by atoms with E-state index < -0.39 is 0 Å². The van der Waals surface area contributed by atoms with Crippen molar-refractivity contribution in [3.63, 3.8) is 0 Å². The van der Waals surface area contributed by atoms with E-state index in [4.69, 9.17) is 15.0 Å². The summed E-state index contributed by atoms with van der Waals surface area (Å²) in [7, 11) is 0. The van der Waals surface area contributed by atoms with Crippen LogP contribution in [0.1, 0.15) is 30.7 Å². The standard InChI is InChI=1S/C24H25N5OS2/c1-5-25-22-20-8-6-7-9-21(20)27-23(28-22)31-13-18-14-32-24(26-18)29(17(4)30)19-11-10-15(2)16(3)12-19/h6-12,14H,5,13H2,1-4H3,(H,25,27,28). The van der Waals surface area contributed by atoms with Crippen molar-refractivity contribution >= 4 is 56.5 Å². The highest BCUT2D eigenvalue weighted by Crippen LogP contribution is 2.32. The van der Waals surface area contributed by atoms with Crippen molar-refractivity contribution in [1.29, 1.82) is 0 Å². The molecule has 1 amide bonds. The maximum Gasteiger partial charge on any atom is 0.230 e. The minimum atomic E-state index is -0.0602. The lowest BCUT2D eigenvalue weighted by atomic mass is 10.1. The van der Waals surface area contributed by atoms with E-state index in [0.717, 1.165) is 40.2 Å². The van der Waals surface area contributed by atoms with Crippen LogP contribution in [-0.4, -0.2) is 27.4 Å². The van der Waals surface area contributed by atoms with Gasteiger partial charge in [-0.05, 0) is 56.2 Å². The van der Waals surface area contributed by atoms with Gasteiger partial charge >= 0.3 is 0 Å². The Morgan fingerprint density at radius 1 is 1.09 bits per heavy atom. The van der Waals surface area contributed by atoms with E-state index in [2.05, 4.69) is 19.2 Å². The molecule has 0 aliphatic rings. The molecule has 0 unspecified atom stereocenters. The van der Waals surface area contributed by atoms with Gasteiger partial charge in [0.05, 0.1) is 16.9 Å². The van der Waals surface area contributed by atoms with Gasteiger partial charge in [0.1, 0.15) is 5.82 Å². The maximum absolute atomic E-state index is 12.4. The van der Waals surface area contributed by atoms with Crippen LogP contribution >= 0.6 is 23.1 Å². The largest absolute Gasteiger partial charge is 0.370 e. The molecule has 6 nitrogen and oxygen atoms in total. The summed E-state index contributed by atoms with van der Waals surface area (Å²) in [4.78, 5) is 28.2. The Labute approximate surface area is 196 Å². The second-order valence-corrected chi connectivity index (χ2v) is 9.21. The Balaban J connectivity index is 1.55. The molecule has 1 N–H and O–H groups in total. The summed E-state index contributed by atoms with van der Waals surface area (Å²) in [5.41, 5.74) is 4.98. The number of aryl methyl sites for hydroxylation is 2. The normalized spacial score (nSPS) is 11.0. The van der Waals surface area contributed by atoms with E-state index in [1.165, 1.54) is 16.9 Å². The second kappa shape index (κ2) is 9.67. The van der Waals surface area contributed by atoms with E-state index >= 15 is 0 Å². The molecule has 0 aliphatic heterocycles. The molecule has 2 aromatic carbocycles. The second-order valence-electron chi connectivity index (χ2n) is 7.44. The van der Waals surface area contributed by atoms with Crippen molar-refractivity contribution in [1.82, 2.24) is 15.0 Å². The average molecular weight is 464 g/mol. The number of nitrogens with one attached hydrogen (secondary N) is 1. The molecule has 2 heterocycles. The van der Waals surface area contributed by atoms with Gasteiger partial charge in [-0.2, -0.15) is 0 Å². The molecule has 0 radical (unpaired) electrons. The molecule has 0 bridgehead atoms. The zero-order valence-corrected chi connectivity index (χ0v) is 20.2. The highest BCUT2D eigenvalue weighted by molar-refractivity contribution is 7.98. The molecule has 0 spiro atoms. The number of nitrogens with zero attached hydrogens (tertiary/aromatic N) is 4. The molecule has 4 rings (SSSR count). The highest BCUT2D eigenvalue weighted by Gasteiger charge is 2.19. The van der Waals surface area contributed by atoms with Crippen LogP contribution in [0.2, 0.25) is 0 Å². The fraction of sp³-hybridized carbons (Fsp3) is 0.250. The van der Waals surface area contributed by atoms with E-state index in [1.807, 2.05) is 54.8 Å². The first-order valence-electron chi connectivity index (χ1n) is 10.4. The summed E-state index contributed by atoms with van der Waals surface area (Å²) in [5, 5.41) is 7.70. The van der Waals surface area contributed by atoms with E-state index in [1.54, 1.807) is 23.6 Å². The third-order valence-electron chi connectivity index (χ3n) is 5.07. The number of fused-ring (bicyclic) bond motifs is 1. The summed E-state index contributed by atoms with van der Waals surface area (Å²) in [6.45, 7) is 8.52. The molecule has 0 saturated carbocycles. The monoisotopic (exact) mass is 463 g/mol. The quantitative estimate of drug-likeness (QED) is 0.263. The maximum atomic E-state index is 12.4. The van der Waals surface area contributed by atoms with E-state index in [0.29, 0.717) is 16.0 Å². The topological polar surface area (TPSA) is 71.0 Å². The van der Waals surface area contributed by atoms with Gasteiger partial charge in [0.15, 0.2) is 10.3 Å². The number of benzene rings is 2. The molecule has 8 heteroatoms. The van der Waals surface area contributed by atoms with Crippen molar-refractivity contribution in [3.05, 3.63) is 64.7 Å². The number of amides is 1. The number of hydrogen-bond donors (Lipinski definition) is 1. The summed E-state index contributed by atoms with van der Waals surface area (Å²) in [5.74, 6) is 1.41. The van der Waals surface area contributed by atoms with Gasteiger partial charge in [0.25, 0.3) is 0 Å². The van der Waals surface area contributed by atoms with Crippen molar-refractivity contribution in [2.75, 3.05) is 16.8 Å². The Morgan fingerprint density at radius 2 is 1.91 bits per heavy atom. The number of aromatic nitrogens is 3. The van der Waals surface area contributed by atoms with Crippen LogP contribution in [0.3, 0.4) is 0 Å². The van der Waals surface area contributed by atoms with Gasteiger partial charge < -0.3 is 5.32 Å². The van der Waals surface area contributed by atoms with E-state index in [-0.39, 0.29) is 5.91 Å². The Morgan fingerprint density at radius 3 is 2.66 bits per heavy atom. The molecule has 0 aliphatic carbocycles. The van der Waals surface area contributed by atoms with Gasteiger partial charge in [0.2, 0.25) is 5.91 Å². The molecule has 32 heavy (non-hydrogen) atoms. The van der Waals surface area contributed by atoms with Crippen molar-refractivity contribution in [3.8, 4) is 0 Å². The van der Waals surface area contributed by atoms with Crippen LogP contribution < -0.4 is 10.2 Å². The summed E-state index contributed by atoms with van der Waals surface area (Å²) < 4.78 is 0. The van der Waals surface area contributed by atoms with Gasteiger partial charge in [-0.15, -0.1) is 11.3 Å². The highest BCUT2D eigenvalue weighted by atomic mass is 32.2. The van der Waals surface area contributed by atoms with Crippen LogP contribution in [0, 0.1) is 13.8 Å². The lowest BCUT2D eigenvalue weighted by Gasteiger charge is -2.19. The molecule has 2 aromatic heterocycles. The van der Waals surface area contributed by atoms with Crippen LogP contribution in [-0.2, 0) is 10.5 Å². The zero-order chi connectivity index (χ0) is 22.7. The predicted octanol–water partition coefficient (Wildman–Crippen LogP) is 6.11. The first-order chi connectivity index (χ1) is 15.5. The molecular formula is C24H25N5OS2. The first-order valence-corrected chi connectivity index (χ1v) is 12.3. The smallest absolute Gasteiger partial charge is 0.230 e. The minimum absolute atomic E-state index is 0.0602. The number of anilines is 3. The number of hydrogen-bond acceptors (Lipinski definition) is 7. The zero-order valence-electron chi connectivity index (χ0n) is 18.5. The van der Waals surface area contributed by atoms with Crippen LogP contribution in [0.15, 0.2) is 53.0 Å². The number of para-hydroxylation sites is 1. The van der Waals surface area contributed by atoms with Crippen LogP contribution in [0.25, 0.3) is 10.9 Å². The van der Waals surface area contributed by atoms with Gasteiger partial charge in [-0.3, -0.25) is 9.69 Å². The Kier molecular flexibility index (Phi) is 6.72. The van der Waals surface area contributed by atoms with E-state index in [9.17, 15) is 4.79 Å². The molecule has 0 saturated heterocycles. The van der Waals surface area contributed by atoms with Crippen molar-refractivity contribution in [2.24, 2.45) is 0 Å². The lowest BCUT2D eigenvalue weighted by Crippen LogP contribution is -2.22. The Hall–Kier alpha value is -2.97. The van der Waals surface area contributed by atoms with Crippen LogP contribution in [0.5, 0.6) is 0 Å². The summed E-state index contributed by atoms with van der Waals surface area (Å²) in [6.07, 6.45) is 0. The predicted molar refractivity (Wildman–Crippen MR) is 134 cm³/mol. The average Bonchev–Trinajstić information content (AvgIpc) is 3.23. The lowest BCUT2D eigenvalue weighted by molar-refractivity contribution is -0.115. The molecule has 0 fully saturated rings. The minimum Gasteiger partial charge on any atom is -0.370 e. The van der Waals surface area contributed by atoms with Gasteiger partial charge in [-0.25, -0.2) is 15.0 Å². The number of carbonyl (C=O) groups excluding carboxylic acids is 1. The fourth-order valence-electron chi connectivity index (χ4n) is 3.32. The number of thiazole rings is 1. The fourth-order valence-corrected chi connectivity index (χ4v) is 5.05. The summed E-state index contributed by atoms with van der Waals surface area (Å²) >= 11 is 3.01. The number of thioether (sulfide) groups is 1. The third-order valence-corrected chi connectivity index (χ3v) is 6.83. The van der Waals surface area contributed by atoms with Crippen LogP contribution in [0.4, 0.5) is 16.6 Å². The van der Waals surface area contributed by atoms with Crippen molar-refractivity contribution in [2.45, 2.75) is 38.6 Å². The first kappa shape index (κ1) is 22.2. The number of carbonyl (C=O) groups is 1. The molecule has 164 valence electrons.